The van der Waals surface area contributed by atoms with E-state index in [1.54, 1.807) is 25.3 Å². The van der Waals surface area contributed by atoms with Gasteiger partial charge in [-0.25, -0.2) is 0 Å². The number of nitrogens with one attached hydrogen (secondary N) is 1. The first-order valence-electron chi connectivity index (χ1n) is 6.75. The van der Waals surface area contributed by atoms with Crippen LogP contribution in [0, 0.1) is 6.92 Å². The van der Waals surface area contributed by atoms with E-state index < -0.39 is 0 Å². The number of ether oxygens (including phenoxy) is 1. The summed E-state index contributed by atoms with van der Waals surface area (Å²) in [6, 6.07) is 9.46. The Bertz CT molecular complexity index is 594. The zero-order valence-electron chi connectivity index (χ0n) is 12.6. The van der Waals surface area contributed by atoms with E-state index in [2.05, 4.69) is 5.32 Å². The largest absolute Gasteiger partial charge is 0.495 e. The summed E-state index contributed by atoms with van der Waals surface area (Å²) in [6.45, 7) is 2.66. The zero-order valence-corrected chi connectivity index (χ0v) is 12.6. The average Bonchev–Trinajstić information content (AvgIpc) is 2.97. The first-order chi connectivity index (χ1) is 10.1. The summed E-state index contributed by atoms with van der Waals surface area (Å²) in [6.07, 6.45) is 1.60. The van der Waals surface area contributed by atoms with E-state index in [1.807, 2.05) is 37.3 Å². The molecule has 1 amide bonds. The van der Waals surface area contributed by atoms with E-state index in [0.29, 0.717) is 6.54 Å². The Kier molecular flexibility index (Phi) is 4.87. The first kappa shape index (κ1) is 15.0. The van der Waals surface area contributed by atoms with Crippen LogP contribution in [0.2, 0.25) is 0 Å². The summed E-state index contributed by atoms with van der Waals surface area (Å²) in [5.74, 6) is 1.47. The van der Waals surface area contributed by atoms with Crippen LogP contribution < -0.4 is 10.1 Å². The van der Waals surface area contributed by atoms with Crippen LogP contribution in [0.3, 0.4) is 0 Å². The number of rotatable bonds is 6. The molecule has 0 aliphatic carbocycles. The van der Waals surface area contributed by atoms with Crippen molar-refractivity contribution in [3.05, 3.63) is 47.9 Å². The maximum Gasteiger partial charge on any atom is 0.242 e. The lowest BCUT2D eigenvalue weighted by atomic mass is 10.2. The first-order valence-corrected chi connectivity index (χ1v) is 6.75. The number of carbonyl (C=O) groups is 1. The highest BCUT2D eigenvalue weighted by Gasteiger charge is 2.11. The molecule has 21 heavy (non-hydrogen) atoms. The van der Waals surface area contributed by atoms with Crippen molar-refractivity contribution in [2.24, 2.45) is 0 Å². The highest BCUT2D eigenvalue weighted by Crippen LogP contribution is 2.24. The minimum absolute atomic E-state index is 0.0186. The minimum atomic E-state index is -0.0186. The van der Waals surface area contributed by atoms with Crippen molar-refractivity contribution < 1.29 is 13.9 Å². The predicted molar refractivity (Wildman–Crippen MR) is 81.4 cm³/mol. The monoisotopic (exact) mass is 288 g/mol. The molecule has 2 aromatic rings. The third-order valence-electron chi connectivity index (χ3n) is 3.18. The molecule has 2 rings (SSSR count). The fraction of sp³-hybridized carbons (Fsp3) is 0.312. The van der Waals surface area contributed by atoms with Gasteiger partial charge in [0.05, 0.1) is 32.1 Å². The Hall–Kier alpha value is -2.43. The molecule has 0 bridgehead atoms. The van der Waals surface area contributed by atoms with Gasteiger partial charge in [0.25, 0.3) is 0 Å². The highest BCUT2D eigenvalue weighted by atomic mass is 16.5. The van der Waals surface area contributed by atoms with Crippen LogP contribution in [-0.2, 0) is 11.3 Å². The van der Waals surface area contributed by atoms with E-state index in [-0.39, 0.29) is 12.5 Å². The van der Waals surface area contributed by atoms with Crippen molar-refractivity contribution in [1.29, 1.82) is 0 Å². The molecule has 1 heterocycles. The fourth-order valence-electron chi connectivity index (χ4n) is 1.99. The topological polar surface area (TPSA) is 54.7 Å². The molecule has 1 N–H and O–H groups in total. The Morgan fingerprint density at radius 2 is 2.19 bits per heavy atom. The third-order valence-corrected chi connectivity index (χ3v) is 3.18. The zero-order chi connectivity index (χ0) is 15.2. The second kappa shape index (κ2) is 6.83. The number of nitrogens with zero attached hydrogens (tertiary/aromatic N) is 1. The van der Waals surface area contributed by atoms with Gasteiger partial charge in [0, 0.05) is 7.05 Å². The minimum Gasteiger partial charge on any atom is -0.495 e. The Balaban J connectivity index is 1.93. The fourth-order valence-corrected chi connectivity index (χ4v) is 1.99. The number of aryl methyl sites for hydroxylation is 1. The molecule has 0 aliphatic heterocycles. The van der Waals surface area contributed by atoms with Gasteiger partial charge in [-0.15, -0.1) is 0 Å². The number of furan rings is 1. The van der Waals surface area contributed by atoms with Gasteiger partial charge in [0.2, 0.25) is 5.91 Å². The predicted octanol–water partition coefficient (Wildman–Crippen LogP) is 2.67. The van der Waals surface area contributed by atoms with Crippen molar-refractivity contribution in [1.82, 2.24) is 4.90 Å². The molecular weight excluding hydrogens is 268 g/mol. The molecule has 0 saturated heterocycles. The maximum absolute atomic E-state index is 12.1. The van der Waals surface area contributed by atoms with Crippen LogP contribution in [0.1, 0.15) is 11.3 Å². The normalized spacial score (nSPS) is 10.2. The Morgan fingerprint density at radius 3 is 2.86 bits per heavy atom. The smallest absolute Gasteiger partial charge is 0.242 e. The van der Waals surface area contributed by atoms with E-state index >= 15 is 0 Å². The molecule has 0 aliphatic rings. The van der Waals surface area contributed by atoms with Gasteiger partial charge in [0.1, 0.15) is 11.5 Å². The molecule has 0 radical (unpaired) electrons. The third kappa shape index (κ3) is 4.02. The molecule has 1 aromatic carbocycles. The quantitative estimate of drug-likeness (QED) is 0.888. The summed E-state index contributed by atoms with van der Waals surface area (Å²) in [5.41, 5.74) is 1.92. The molecule has 0 fully saturated rings. The highest BCUT2D eigenvalue weighted by molar-refractivity contribution is 5.81. The van der Waals surface area contributed by atoms with Crippen molar-refractivity contribution in [3.8, 4) is 5.75 Å². The van der Waals surface area contributed by atoms with Crippen molar-refractivity contribution in [2.75, 3.05) is 26.0 Å². The molecular formula is C16H20N2O3. The van der Waals surface area contributed by atoms with Gasteiger partial charge in [-0.2, -0.15) is 0 Å². The molecule has 0 spiro atoms. The SMILES string of the molecule is COc1ccc(C)cc1NCC(=O)N(C)Cc1ccco1. The standard InChI is InChI=1S/C16H20N2O3/c1-12-6-7-15(20-3)14(9-12)17-10-16(19)18(2)11-13-5-4-8-21-13/h4-9,17H,10-11H2,1-3H3. The van der Waals surface area contributed by atoms with Gasteiger partial charge in [-0.05, 0) is 36.8 Å². The number of anilines is 1. The number of likely N-dealkylation sites (N-methyl/N-ethyl adjacent to an activating group) is 1. The molecule has 0 saturated carbocycles. The molecule has 5 nitrogen and oxygen atoms in total. The molecule has 1 aromatic heterocycles. The summed E-state index contributed by atoms with van der Waals surface area (Å²) in [4.78, 5) is 13.7. The second-order valence-corrected chi connectivity index (χ2v) is 4.89. The van der Waals surface area contributed by atoms with E-state index in [0.717, 1.165) is 22.8 Å². The van der Waals surface area contributed by atoms with E-state index in [9.17, 15) is 4.79 Å². The maximum atomic E-state index is 12.1. The van der Waals surface area contributed by atoms with Crippen molar-refractivity contribution >= 4 is 11.6 Å². The van der Waals surface area contributed by atoms with Crippen LogP contribution >= 0.6 is 0 Å². The number of amides is 1. The lowest BCUT2D eigenvalue weighted by Crippen LogP contribution is -2.31. The number of hydrogen-bond donors (Lipinski definition) is 1. The average molecular weight is 288 g/mol. The van der Waals surface area contributed by atoms with Crippen molar-refractivity contribution in [3.63, 3.8) is 0 Å². The van der Waals surface area contributed by atoms with Crippen LogP contribution in [0.15, 0.2) is 41.0 Å². The van der Waals surface area contributed by atoms with E-state index in [4.69, 9.17) is 9.15 Å². The summed E-state index contributed by atoms with van der Waals surface area (Å²) in [5, 5.41) is 3.12. The second-order valence-electron chi connectivity index (χ2n) is 4.89. The van der Waals surface area contributed by atoms with Crippen molar-refractivity contribution in [2.45, 2.75) is 13.5 Å². The molecule has 5 heteroatoms. The van der Waals surface area contributed by atoms with Gasteiger partial charge >= 0.3 is 0 Å². The van der Waals surface area contributed by atoms with Gasteiger partial charge in [-0.1, -0.05) is 6.07 Å². The van der Waals surface area contributed by atoms with Gasteiger partial charge < -0.3 is 19.4 Å². The van der Waals surface area contributed by atoms with Gasteiger partial charge in [-0.3, -0.25) is 4.79 Å². The lowest BCUT2D eigenvalue weighted by molar-refractivity contribution is -0.128. The Morgan fingerprint density at radius 1 is 1.38 bits per heavy atom. The van der Waals surface area contributed by atoms with Crippen LogP contribution in [0.4, 0.5) is 5.69 Å². The molecule has 0 atom stereocenters. The number of hydrogen-bond acceptors (Lipinski definition) is 4. The van der Waals surface area contributed by atoms with Crippen LogP contribution in [-0.4, -0.2) is 31.5 Å². The van der Waals surface area contributed by atoms with Gasteiger partial charge in [0.15, 0.2) is 0 Å². The number of methoxy groups -OCH3 is 1. The Labute approximate surface area is 124 Å². The molecule has 112 valence electrons. The number of benzene rings is 1. The summed E-state index contributed by atoms with van der Waals surface area (Å²) in [7, 11) is 3.36. The molecule has 0 unspecified atom stereocenters. The van der Waals surface area contributed by atoms with Crippen LogP contribution in [0.25, 0.3) is 0 Å². The summed E-state index contributed by atoms with van der Waals surface area (Å²) < 4.78 is 10.5. The number of carbonyl (C=O) groups excluding carboxylic acids is 1. The van der Waals surface area contributed by atoms with E-state index in [1.165, 1.54) is 0 Å². The summed E-state index contributed by atoms with van der Waals surface area (Å²) >= 11 is 0. The lowest BCUT2D eigenvalue weighted by Gasteiger charge is -2.17. The van der Waals surface area contributed by atoms with Crippen LogP contribution in [0.5, 0.6) is 5.75 Å².